The van der Waals surface area contributed by atoms with Crippen LogP contribution in [0.2, 0.25) is 0 Å². The van der Waals surface area contributed by atoms with E-state index in [-0.39, 0.29) is 29.7 Å². The summed E-state index contributed by atoms with van der Waals surface area (Å²) in [4.78, 5) is 10.4. The molecule has 498 valence electrons. The zero-order valence-corrected chi connectivity index (χ0v) is 60.1. The van der Waals surface area contributed by atoms with E-state index < -0.39 is 0 Å². The van der Waals surface area contributed by atoms with Gasteiger partial charge in [0.25, 0.3) is 13.4 Å². The third-order valence-corrected chi connectivity index (χ3v) is 22.7. The number of para-hydroxylation sites is 8. The fourth-order valence-electron chi connectivity index (χ4n) is 17.7. The first-order valence-electron chi connectivity index (χ1n) is 36.7. The maximum absolute atomic E-state index is 7.37. The fourth-order valence-corrected chi connectivity index (χ4v) is 17.7. The van der Waals surface area contributed by atoms with Gasteiger partial charge in [-0.2, -0.15) is 0 Å². The van der Waals surface area contributed by atoms with Gasteiger partial charge in [-0.1, -0.05) is 287 Å². The lowest BCUT2D eigenvalue weighted by Crippen LogP contribution is -2.65. The van der Waals surface area contributed by atoms with Crippen LogP contribution in [0.15, 0.2) is 306 Å². The molecule has 0 aliphatic carbocycles. The van der Waals surface area contributed by atoms with Crippen molar-refractivity contribution in [3.05, 3.63) is 314 Å². The van der Waals surface area contributed by atoms with Crippen LogP contribution in [0.3, 0.4) is 0 Å². The van der Waals surface area contributed by atoms with Crippen molar-refractivity contribution in [3.63, 3.8) is 0 Å². The summed E-state index contributed by atoms with van der Waals surface area (Å²) >= 11 is 0. The zero-order valence-electron chi connectivity index (χ0n) is 60.1. The topological polar surface area (TPSA) is 39.2 Å². The van der Waals surface area contributed by atoms with Gasteiger partial charge in [-0.3, -0.25) is 0 Å². The highest BCUT2D eigenvalue weighted by Crippen LogP contribution is 2.57. The van der Waals surface area contributed by atoms with Crippen molar-refractivity contribution < 1.29 is 8.83 Å². The molecule has 0 atom stereocenters. The Morgan fingerprint density at radius 2 is 0.615 bits per heavy atom. The first-order valence-corrected chi connectivity index (χ1v) is 36.7. The molecular formula is C96H76B2N4O2. The van der Waals surface area contributed by atoms with E-state index in [1.807, 2.05) is 0 Å². The summed E-state index contributed by atoms with van der Waals surface area (Å²) in [6, 6.07) is 112. The van der Waals surface area contributed by atoms with Crippen LogP contribution in [0.4, 0.5) is 68.2 Å². The number of hydrogen-bond acceptors (Lipinski definition) is 6. The van der Waals surface area contributed by atoms with Gasteiger partial charge in [0.1, 0.15) is 22.3 Å². The van der Waals surface area contributed by atoms with Crippen molar-refractivity contribution in [1.82, 2.24) is 0 Å². The molecule has 0 saturated heterocycles. The van der Waals surface area contributed by atoms with Gasteiger partial charge in [-0.15, -0.1) is 0 Å². The van der Waals surface area contributed by atoms with Gasteiger partial charge in [-0.25, -0.2) is 0 Å². The molecule has 0 N–H and O–H groups in total. The van der Waals surface area contributed by atoms with Crippen molar-refractivity contribution in [2.75, 3.05) is 19.6 Å². The lowest BCUT2D eigenvalue weighted by molar-refractivity contribution is 0.590. The second-order valence-corrected chi connectivity index (χ2v) is 31.9. The molecule has 20 rings (SSSR count). The van der Waals surface area contributed by atoms with E-state index in [1.54, 1.807) is 0 Å². The molecule has 4 aliphatic rings. The number of fused-ring (bicyclic) bond motifs is 16. The fraction of sp³-hybridized carbons (Fsp3) is 0.125. The molecule has 0 saturated carbocycles. The number of rotatable bonds is 7. The van der Waals surface area contributed by atoms with Crippen molar-refractivity contribution in [2.24, 2.45) is 0 Å². The predicted octanol–water partition coefficient (Wildman–Crippen LogP) is 22.5. The van der Waals surface area contributed by atoms with Crippen LogP contribution >= 0.6 is 0 Å². The number of hydrogen-bond donors (Lipinski definition) is 0. The minimum absolute atomic E-state index is 0.0374. The van der Waals surface area contributed by atoms with Gasteiger partial charge in [0.05, 0.1) is 33.5 Å². The first kappa shape index (κ1) is 61.8. The van der Waals surface area contributed by atoms with E-state index in [1.165, 1.54) is 49.5 Å². The Labute approximate surface area is 608 Å². The Morgan fingerprint density at radius 3 is 1.07 bits per heavy atom. The molecule has 8 heteroatoms. The van der Waals surface area contributed by atoms with Crippen LogP contribution in [-0.4, -0.2) is 13.4 Å². The summed E-state index contributed by atoms with van der Waals surface area (Å²) in [5, 5.41) is 4.33. The van der Waals surface area contributed by atoms with E-state index in [2.05, 4.69) is 379 Å². The molecule has 0 spiro atoms. The van der Waals surface area contributed by atoms with Gasteiger partial charge in [0.15, 0.2) is 0 Å². The van der Waals surface area contributed by atoms with Crippen molar-refractivity contribution in [3.8, 4) is 33.4 Å². The lowest BCUT2D eigenvalue weighted by atomic mass is 9.30. The van der Waals surface area contributed by atoms with Crippen molar-refractivity contribution in [1.29, 1.82) is 0 Å². The molecule has 104 heavy (non-hydrogen) atoms. The van der Waals surface area contributed by atoms with E-state index in [9.17, 15) is 0 Å². The Morgan fingerprint density at radius 1 is 0.250 bits per heavy atom. The van der Waals surface area contributed by atoms with Crippen LogP contribution < -0.4 is 52.4 Å². The lowest BCUT2D eigenvalue weighted by Gasteiger charge is -2.48. The standard InChI is InChI=1S/C96H76B2N4O2/c1-94(2,3)62-49-43-59(44-50-62)67-31-16-21-38-76(67)101-79-56-80-75(55-74(79)97-72-36-19-22-39-77(72)99(65-27-12-10-13-28-65)92-87-70-32-17-24-41-83(70)103-85(87)57-81(101)89(92)97)98-73-37-20-23-40-78(73)100(66-29-14-11-15-30-66)93-88-71-33-18-25-42-84(71)104-86(88)58-82(90(93)98)102(80)91-68(60-45-51-63(52-46-60)95(4,5)6)34-26-35-69(91)61-47-53-64(54-48-61)96(7,8)9/h10-58H,1-9H3. The SMILES string of the molecule is CC(C)(C)c1ccc(-c2ccccc2N2c3cc4c(cc3B3c5ccccc5N(c5ccccc5)c5c3c2cc2oc3ccccc3c52)B2c3ccccc3N(c3ccccc3)c3c2c(cc2oc5ccccc5c32)N4c2c(-c3ccc(C(C)(C)C)cc3)cccc2-c2ccc(C(C)(C)C)cc2)cc1. The minimum Gasteiger partial charge on any atom is -0.456 e. The Balaban J connectivity index is 0.977. The van der Waals surface area contributed by atoms with E-state index in [4.69, 9.17) is 8.83 Å². The summed E-state index contributed by atoms with van der Waals surface area (Å²) in [6.45, 7) is 20.2. The normalized spacial score (nSPS) is 13.7. The van der Waals surface area contributed by atoms with Crippen LogP contribution in [0.5, 0.6) is 0 Å². The molecule has 0 bridgehead atoms. The van der Waals surface area contributed by atoms with E-state index in [0.29, 0.717) is 0 Å². The van der Waals surface area contributed by atoms with Gasteiger partial charge >= 0.3 is 0 Å². The molecule has 0 fully saturated rings. The molecule has 0 radical (unpaired) electrons. The molecule has 0 unspecified atom stereocenters. The zero-order chi connectivity index (χ0) is 70.2. The summed E-state index contributed by atoms with van der Waals surface area (Å²) < 4.78 is 14.7. The van der Waals surface area contributed by atoms with Gasteiger partial charge < -0.3 is 28.4 Å². The highest BCUT2D eigenvalue weighted by Gasteiger charge is 2.50. The van der Waals surface area contributed by atoms with Crippen LogP contribution in [0.25, 0.3) is 77.3 Å². The predicted molar refractivity (Wildman–Crippen MR) is 441 cm³/mol. The number of nitrogens with zero attached hydrogens (tertiary/aromatic N) is 4. The van der Waals surface area contributed by atoms with Crippen LogP contribution in [-0.2, 0) is 16.2 Å². The second-order valence-electron chi connectivity index (χ2n) is 31.9. The maximum Gasteiger partial charge on any atom is 0.252 e. The number of furan rings is 2. The largest absolute Gasteiger partial charge is 0.456 e. The Kier molecular flexibility index (Phi) is 13.5. The molecule has 16 aromatic rings. The van der Waals surface area contributed by atoms with Gasteiger partial charge in [-0.05, 0) is 143 Å². The number of anilines is 12. The van der Waals surface area contributed by atoms with Crippen LogP contribution in [0.1, 0.15) is 79.0 Å². The van der Waals surface area contributed by atoms with Crippen molar-refractivity contribution in [2.45, 2.75) is 78.6 Å². The molecule has 14 aromatic carbocycles. The molecule has 6 nitrogen and oxygen atoms in total. The molecule has 0 amide bonds. The Bertz CT molecular complexity index is 6120. The third-order valence-electron chi connectivity index (χ3n) is 22.7. The molecule has 6 heterocycles. The summed E-state index contributed by atoms with van der Waals surface area (Å²) in [6.07, 6.45) is 0. The van der Waals surface area contributed by atoms with E-state index >= 15 is 0 Å². The molecular weight excluding hydrogens is 1260 g/mol. The third kappa shape index (κ3) is 9.29. The van der Waals surface area contributed by atoms with Crippen LogP contribution in [0, 0.1) is 0 Å². The molecule has 4 aliphatic heterocycles. The molecule has 2 aromatic heterocycles. The average molecular weight is 1340 g/mol. The quantitative estimate of drug-likeness (QED) is 0.148. The summed E-state index contributed by atoms with van der Waals surface area (Å²) in [5.41, 5.74) is 34.2. The second kappa shape index (κ2) is 22.8. The Hall–Kier alpha value is -12.0. The average Bonchev–Trinajstić information content (AvgIpc) is 1.05. The smallest absolute Gasteiger partial charge is 0.252 e. The first-order chi connectivity index (χ1) is 50.5. The maximum atomic E-state index is 7.37. The summed E-state index contributed by atoms with van der Waals surface area (Å²) in [7, 11) is 0. The summed E-state index contributed by atoms with van der Waals surface area (Å²) in [5.74, 6) is 0. The van der Waals surface area contributed by atoms with Gasteiger partial charge in [0, 0.05) is 85.1 Å². The highest BCUT2D eigenvalue weighted by molar-refractivity contribution is 7.03. The van der Waals surface area contributed by atoms with E-state index in [0.717, 1.165) is 146 Å². The van der Waals surface area contributed by atoms with Gasteiger partial charge in [0.2, 0.25) is 0 Å². The number of benzene rings is 14. The van der Waals surface area contributed by atoms with Crippen molar-refractivity contribution >= 4 is 158 Å². The minimum atomic E-state index is -0.276. The monoisotopic (exact) mass is 1340 g/mol. The highest BCUT2D eigenvalue weighted by atomic mass is 16.3.